The molecule has 1 unspecified atom stereocenters. The SMILES string of the molecule is CCCCCCCCCCCCCCCCCCN[Si](OC)(OC)C(N)CC. The Morgan fingerprint density at radius 3 is 1.32 bits per heavy atom. The van der Waals surface area contributed by atoms with Gasteiger partial charge in [0.25, 0.3) is 0 Å². The molecule has 0 aliphatic rings. The van der Waals surface area contributed by atoms with Crippen LogP contribution < -0.4 is 10.7 Å². The van der Waals surface area contributed by atoms with Crippen LogP contribution >= 0.6 is 0 Å². The van der Waals surface area contributed by atoms with Gasteiger partial charge in [-0.1, -0.05) is 110 Å². The standard InChI is InChI=1S/C23H52N2O2Si/c1-5-7-8-9-10-11-12-13-14-15-16-17-18-19-20-21-22-25-28(26-3,27-4)23(24)6-2/h23,25H,5-22,24H2,1-4H3. The van der Waals surface area contributed by atoms with Crippen molar-refractivity contribution >= 4 is 8.72 Å². The average molecular weight is 417 g/mol. The molecule has 0 aliphatic carbocycles. The lowest BCUT2D eigenvalue weighted by atomic mass is 10.0. The van der Waals surface area contributed by atoms with E-state index in [0.717, 1.165) is 13.0 Å². The molecule has 1 atom stereocenters. The van der Waals surface area contributed by atoms with Crippen LogP contribution in [0.2, 0.25) is 0 Å². The number of hydrogen-bond acceptors (Lipinski definition) is 4. The predicted octanol–water partition coefficient (Wildman–Crippen LogP) is 6.35. The van der Waals surface area contributed by atoms with Crippen molar-refractivity contribution in [2.24, 2.45) is 5.73 Å². The smallest absolute Gasteiger partial charge is 0.385 e. The minimum atomic E-state index is -2.43. The Bertz CT molecular complexity index is 315. The van der Waals surface area contributed by atoms with Crippen molar-refractivity contribution in [3.8, 4) is 0 Å². The van der Waals surface area contributed by atoms with Gasteiger partial charge >= 0.3 is 8.72 Å². The van der Waals surface area contributed by atoms with Crippen LogP contribution in [-0.2, 0) is 8.85 Å². The summed E-state index contributed by atoms with van der Waals surface area (Å²) in [7, 11) is 1.00. The van der Waals surface area contributed by atoms with Crippen molar-refractivity contribution in [3.05, 3.63) is 0 Å². The Balaban J connectivity index is 3.37. The highest BCUT2D eigenvalue weighted by atomic mass is 28.4. The highest BCUT2D eigenvalue weighted by Gasteiger charge is 2.42. The van der Waals surface area contributed by atoms with Crippen LogP contribution in [0, 0.1) is 0 Å². The lowest BCUT2D eigenvalue weighted by molar-refractivity contribution is 0.214. The van der Waals surface area contributed by atoms with Crippen LogP contribution in [0.3, 0.4) is 0 Å². The molecule has 0 bridgehead atoms. The Kier molecular flexibility index (Phi) is 20.4. The summed E-state index contributed by atoms with van der Waals surface area (Å²) in [4.78, 5) is 3.50. The first-order valence-electron chi connectivity index (χ1n) is 12.3. The zero-order valence-corrected chi connectivity index (χ0v) is 20.7. The summed E-state index contributed by atoms with van der Waals surface area (Å²) in [6.45, 7) is 5.32. The van der Waals surface area contributed by atoms with E-state index in [1.165, 1.54) is 103 Å². The van der Waals surface area contributed by atoms with Crippen molar-refractivity contribution in [1.29, 1.82) is 0 Å². The maximum absolute atomic E-state index is 6.19. The molecule has 0 saturated heterocycles. The van der Waals surface area contributed by atoms with E-state index in [4.69, 9.17) is 14.6 Å². The van der Waals surface area contributed by atoms with Crippen molar-refractivity contribution < 1.29 is 8.85 Å². The summed E-state index contributed by atoms with van der Waals surface area (Å²) < 4.78 is 11.3. The van der Waals surface area contributed by atoms with Crippen LogP contribution in [0.4, 0.5) is 0 Å². The topological polar surface area (TPSA) is 56.5 Å². The molecule has 0 radical (unpaired) electrons. The van der Waals surface area contributed by atoms with Gasteiger partial charge in [-0.15, -0.1) is 0 Å². The molecule has 4 nitrogen and oxygen atoms in total. The monoisotopic (exact) mass is 416 g/mol. The lowest BCUT2D eigenvalue weighted by Gasteiger charge is -2.32. The molecule has 170 valence electrons. The number of nitrogens with two attached hydrogens (primary N) is 1. The summed E-state index contributed by atoms with van der Waals surface area (Å²) in [5, 5.41) is 0. The van der Waals surface area contributed by atoms with Gasteiger partial charge in [-0.3, -0.25) is 4.98 Å². The average Bonchev–Trinajstić information content (AvgIpc) is 2.73. The molecule has 0 aromatic heterocycles. The predicted molar refractivity (Wildman–Crippen MR) is 126 cm³/mol. The maximum atomic E-state index is 6.19. The highest BCUT2D eigenvalue weighted by molar-refractivity contribution is 6.66. The van der Waals surface area contributed by atoms with Gasteiger partial charge in [0.1, 0.15) is 0 Å². The summed E-state index contributed by atoms with van der Waals surface area (Å²) in [5.74, 6) is 0. The molecule has 0 aliphatic heterocycles. The van der Waals surface area contributed by atoms with E-state index in [-0.39, 0.29) is 5.67 Å². The minimum Gasteiger partial charge on any atom is -0.385 e. The molecule has 0 rings (SSSR count). The summed E-state index contributed by atoms with van der Waals surface area (Å²) in [5.41, 5.74) is 6.17. The van der Waals surface area contributed by atoms with Gasteiger partial charge in [-0.25, -0.2) is 0 Å². The van der Waals surface area contributed by atoms with Gasteiger partial charge in [0, 0.05) is 14.2 Å². The third kappa shape index (κ3) is 14.1. The van der Waals surface area contributed by atoms with Crippen LogP contribution in [-0.4, -0.2) is 35.2 Å². The summed E-state index contributed by atoms with van der Waals surface area (Å²) >= 11 is 0. The van der Waals surface area contributed by atoms with Gasteiger partial charge in [-0.05, 0) is 19.4 Å². The fourth-order valence-corrected chi connectivity index (χ4v) is 6.25. The van der Waals surface area contributed by atoms with E-state index in [9.17, 15) is 0 Å². The first-order chi connectivity index (χ1) is 13.7. The van der Waals surface area contributed by atoms with Gasteiger partial charge in [0.2, 0.25) is 0 Å². The first-order valence-corrected chi connectivity index (χ1v) is 14.2. The normalized spacial score (nSPS) is 13.2. The largest absolute Gasteiger partial charge is 0.441 e. The molecule has 3 N–H and O–H groups in total. The highest BCUT2D eigenvalue weighted by Crippen LogP contribution is 2.14. The Morgan fingerprint density at radius 1 is 0.643 bits per heavy atom. The van der Waals surface area contributed by atoms with Gasteiger partial charge in [0.15, 0.2) is 0 Å². The molecule has 0 aromatic rings. The van der Waals surface area contributed by atoms with Crippen LogP contribution in [0.15, 0.2) is 0 Å². The number of rotatable bonds is 22. The molecule has 28 heavy (non-hydrogen) atoms. The maximum Gasteiger partial charge on any atom is 0.441 e. The van der Waals surface area contributed by atoms with Crippen molar-refractivity contribution in [3.63, 3.8) is 0 Å². The molecule has 0 amide bonds. The van der Waals surface area contributed by atoms with E-state index >= 15 is 0 Å². The molecule has 0 spiro atoms. The summed E-state index contributed by atoms with van der Waals surface area (Å²) in [6.07, 6.45) is 23.2. The van der Waals surface area contributed by atoms with Crippen molar-refractivity contribution in [1.82, 2.24) is 4.98 Å². The Hall–Kier alpha value is 0.0569. The molecule has 5 heteroatoms. The van der Waals surface area contributed by atoms with Crippen molar-refractivity contribution in [2.75, 3.05) is 20.8 Å². The molecule has 0 aromatic carbocycles. The Morgan fingerprint density at radius 2 is 1.00 bits per heavy atom. The lowest BCUT2D eigenvalue weighted by Crippen LogP contribution is -2.66. The third-order valence-electron chi connectivity index (χ3n) is 5.94. The Labute approximate surface area is 178 Å². The molecule has 0 heterocycles. The van der Waals surface area contributed by atoms with Crippen molar-refractivity contribution in [2.45, 2.75) is 129 Å². The fraction of sp³-hybridized carbons (Fsp3) is 1.00. The second-order valence-electron chi connectivity index (χ2n) is 8.32. The zero-order chi connectivity index (χ0) is 20.9. The van der Waals surface area contributed by atoms with E-state index in [2.05, 4.69) is 18.8 Å². The van der Waals surface area contributed by atoms with Gasteiger partial charge in [-0.2, -0.15) is 0 Å². The summed E-state index contributed by atoms with van der Waals surface area (Å²) in [6, 6.07) is 0. The molecular formula is C23H52N2O2Si. The second kappa shape index (κ2) is 20.3. The van der Waals surface area contributed by atoms with E-state index in [1.807, 2.05) is 0 Å². The fourth-order valence-electron chi connectivity index (χ4n) is 3.87. The first kappa shape index (κ1) is 28.1. The quantitative estimate of drug-likeness (QED) is 0.159. The number of hydrogen-bond donors (Lipinski definition) is 2. The minimum absolute atomic E-state index is 0.0245. The van der Waals surface area contributed by atoms with E-state index in [1.54, 1.807) is 14.2 Å². The second-order valence-corrected chi connectivity index (χ2v) is 11.6. The van der Waals surface area contributed by atoms with Crippen LogP contribution in [0.5, 0.6) is 0 Å². The van der Waals surface area contributed by atoms with Gasteiger partial charge < -0.3 is 14.6 Å². The molecule has 0 saturated carbocycles. The van der Waals surface area contributed by atoms with Gasteiger partial charge in [0.05, 0.1) is 5.67 Å². The molecule has 0 fully saturated rings. The van der Waals surface area contributed by atoms with Crippen LogP contribution in [0.25, 0.3) is 0 Å². The third-order valence-corrected chi connectivity index (χ3v) is 9.28. The number of unbranched alkanes of at least 4 members (excludes halogenated alkanes) is 15. The number of nitrogens with one attached hydrogen (secondary N) is 1. The zero-order valence-electron chi connectivity index (χ0n) is 19.7. The van der Waals surface area contributed by atoms with Crippen LogP contribution in [0.1, 0.15) is 123 Å². The van der Waals surface area contributed by atoms with E-state index in [0.29, 0.717) is 0 Å². The van der Waals surface area contributed by atoms with E-state index < -0.39 is 8.72 Å². The molecular weight excluding hydrogens is 364 g/mol.